The molecule has 1 aromatic rings. The van der Waals surface area contributed by atoms with Crippen LogP contribution in [-0.2, 0) is 19.4 Å². The number of ether oxygens (including phenoxy) is 3. The molecule has 0 bridgehead atoms. The van der Waals surface area contributed by atoms with E-state index in [1.165, 1.54) is 19.1 Å². The molecular formula is C17H20ClNO7S. The van der Waals surface area contributed by atoms with Crippen LogP contribution < -0.4 is 14.8 Å². The first-order chi connectivity index (χ1) is 12.7. The zero-order valence-electron chi connectivity index (χ0n) is 14.7. The maximum Gasteiger partial charge on any atom is 0.339 e. The van der Waals surface area contributed by atoms with Crippen molar-refractivity contribution < 1.29 is 32.2 Å². The van der Waals surface area contributed by atoms with E-state index in [1.807, 2.05) is 0 Å². The summed E-state index contributed by atoms with van der Waals surface area (Å²) in [5.41, 5.74) is 0.132. The molecule has 2 aliphatic rings. The second-order valence-electron chi connectivity index (χ2n) is 6.49. The summed E-state index contributed by atoms with van der Waals surface area (Å²) in [6, 6.07) is 2.39. The molecule has 27 heavy (non-hydrogen) atoms. The summed E-state index contributed by atoms with van der Waals surface area (Å²) in [6.45, 7) is 2.32. The third-order valence-corrected chi connectivity index (χ3v) is 6.32. The number of nitrogens with one attached hydrogen (secondary N) is 1. The van der Waals surface area contributed by atoms with Crippen molar-refractivity contribution in [1.82, 2.24) is 5.32 Å². The van der Waals surface area contributed by atoms with Gasteiger partial charge in [0.1, 0.15) is 0 Å². The van der Waals surface area contributed by atoms with Crippen molar-refractivity contribution in [2.75, 3.05) is 24.7 Å². The minimum Gasteiger partial charge on any atom is -0.489 e. The van der Waals surface area contributed by atoms with Crippen molar-refractivity contribution in [2.45, 2.75) is 31.9 Å². The smallest absolute Gasteiger partial charge is 0.339 e. The van der Waals surface area contributed by atoms with Crippen LogP contribution in [0.3, 0.4) is 0 Å². The molecule has 0 radical (unpaired) electrons. The molecule has 2 aliphatic heterocycles. The Labute approximate surface area is 162 Å². The van der Waals surface area contributed by atoms with Gasteiger partial charge < -0.3 is 19.5 Å². The fraction of sp³-hybridized carbons (Fsp3) is 0.529. The van der Waals surface area contributed by atoms with E-state index in [9.17, 15) is 18.0 Å². The number of benzene rings is 1. The average molecular weight is 418 g/mol. The van der Waals surface area contributed by atoms with Gasteiger partial charge in [0, 0.05) is 12.5 Å². The summed E-state index contributed by atoms with van der Waals surface area (Å²) in [4.78, 5) is 24.5. The molecule has 0 unspecified atom stereocenters. The Hall–Kier alpha value is -2.00. The van der Waals surface area contributed by atoms with Crippen molar-refractivity contribution in [3.05, 3.63) is 22.7 Å². The highest BCUT2D eigenvalue weighted by molar-refractivity contribution is 7.91. The number of amides is 1. The molecule has 1 saturated heterocycles. The van der Waals surface area contributed by atoms with E-state index >= 15 is 0 Å². The first-order valence-electron chi connectivity index (χ1n) is 8.56. The highest BCUT2D eigenvalue weighted by atomic mass is 35.5. The Morgan fingerprint density at radius 2 is 2.04 bits per heavy atom. The fourth-order valence-electron chi connectivity index (χ4n) is 2.86. The summed E-state index contributed by atoms with van der Waals surface area (Å²) in [5, 5.41) is 2.81. The molecule has 0 spiro atoms. The molecule has 0 aliphatic carbocycles. The predicted molar refractivity (Wildman–Crippen MR) is 97.1 cm³/mol. The molecule has 2 heterocycles. The van der Waals surface area contributed by atoms with Crippen LogP contribution in [0.2, 0.25) is 5.02 Å². The largest absolute Gasteiger partial charge is 0.489 e. The number of carbonyl (C=O) groups excluding carboxylic acids is 2. The standard InChI is InChI=1S/C17H20ClNO7S/c1-10(16(20)19-12-3-6-27(22,23)9-12)26-17(21)11-7-13(18)15-14(8-11)24-4-2-5-25-15/h7-8,10,12H,2-6,9H2,1H3,(H,19,20)/t10-,12-/m1/s1. The number of hydrogen-bond donors (Lipinski definition) is 1. The Bertz CT molecular complexity index is 855. The van der Waals surface area contributed by atoms with Crippen LogP contribution in [0, 0.1) is 0 Å². The SMILES string of the molecule is C[C@@H](OC(=O)c1cc(Cl)c2c(c1)OCCCO2)C(=O)N[C@@H]1CCS(=O)(=O)C1. The maximum absolute atomic E-state index is 12.4. The van der Waals surface area contributed by atoms with E-state index in [-0.39, 0.29) is 22.1 Å². The van der Waals surface area contributed by atoms with Gasteiger partial charge in [-0.2, -0.15) is 0 Å². The zero-order chi connectivity index (χ0) is 19.6. The maximum atomic E-state index is 12.4. The van der Waals surface area contributed by atoms with Gasteiger partial charge in [0.2, 0.25) is 0 Å². The van der Waals surface area contributed by atoms with Crippen molar-refractivity contribution in [3.8, 4) is 11.5 Å². The normalized spacial score (nSPS) is 21.8. The second kappa shape index (κ2) is 7.93. The van der Waals surface area contributed by atoms with Gasteiger partial charge in [-0.25, -0.2) is 13.2 Å². The van der Waals surface area contributed by atoms with E-state index in [0.717, 1.165) is 0 Å². The molecule has 1 aromatic carbocycles. The number of hydrogen-bond acceptors (Lipinski definition) is 7. The van der Waals surface area contributed by atoms with Crippen LogP contribution in [0.25, 0.3) is 0 Å². The van der Waals surface area contributed by atoms with Gasteiger partial charge in [0.05, 0.1) is 35.3 Å². The van der Waals surface area contributed by atoms with E-state index in [4.69, 9.17) is 25.8 Å². The number of esters is 1. The topological polar surface area (TPSA) is 108 Å². The van der Waals surface area contributed by atoms with Crippen molar-refractivity contribution >= 4 is 33.3 Å². The quantitative estimate of drug-likeness (QED) is 0.736. The van der Waals surface area contributed by atoms with Gasteiger partial charge in [-0.15, -0.1) is 0 Å². The van der Waals surface area contributed by atoms with Crippen molar-refractivity contribution in [1.29, 1.82) is 0 Å². The van der Waals surface area contributed by atoms with Crippen LogP contribution in [0.1, 0.15) is 30.1 Å². The molecule has 3 rings (SSSR count). The number of halogens is 1. The van der Waals surface area contributed by atoms with E-state index < -0.39 is 33.9 Å². The van der Waals surface area contributed by atoms with E-state index in [2.05, 4.69) is 5.32 Å². The van der Waals surface area contributed by atoms with Gasteiger partial charge in [0.25, 0.3) is 5.91 Å². The van der Waals surface area contributed by atoms with E-state index in [1.54, 1.807) is 0 Å². The van der Waals surface area contributed by atoms with Gasteiger partial charge in [-0.3, -0.25) is 4.79 Å². The summed E-state index contributed by atoms with van der Waals surface area (Å²) >= 11 is 6.15. The van der Waals surface area contributed by atoms with Crippen LogP contribution in [0.4, 0.5) is 0 Å². The Kier molecular flexibility index (Phi) is 5.81. The third kappa shape index (κ3) is 4.84. The molecule has 2 atom stereocenters. The Balaban J connectivity index is 1.63. The third-order valence-electron chi connectivity index (χ3n) is 4.27. The van der Waals surface area contributed by atoms with Crippen molar-refractivity contribution in [2.24, 2.45) is 0 Å². The number of fused-ring (bicyclic) bond motifs is 1. The average Bonchev–Trinajstić information content (AvgIpc) is 2.80. The molecule has 8 nitrogen and oxygen atoms in total. The van der Waals surface area contributed by atoms with Crippen LogP contribution in [-0.4, -0.2) is 57.2 Å². The lowest BCUT2D eigenvalue weighted by atomic mass is 10.2. The van der Waals surface area contributed by atoms with Gasteiger partial charge in [-0.1, -0.05) is 11.6 Å². The van der Waals surface area contributed by atoms with Crippen LogP contribution in [0.5, 0.6) is 11.5 Å². The first-order valence-corrected chi connectivity index (χ1v) is 10.8. The molecule has 1 fully saturated rings. The van der Waals surface area contributed by atoms with Gasteiger partial charge >= 0.3 is 5.97 Å². The van der Waals surface area contributed by atoms with Crippen molar-refractivity contribution in [3.63, 3.8) is 0 Å². The molecule has 10 heteroatoms. The van der Waals surface area contributed by atoms with Gasteiger partial charge in [0.15, 0.2) is 27.4 Å². The fourth-order valence-corrected chi connectivity index (χ4v) is 4.80. The zero-order valence-corrected chi connectivity index (χ0v) is 16.3. The second-order valence-corrected chi connectivity index (χ2v) is 9.13. The monoisotopic (exact) mass is 417 g/mol. The summed E-state index contributed by atoms with van der Waals surface area (Å²) in [7, 11) is -3.11. The molecular weight excluding hydrogens is 398 g/mol. The molecule has 0 saturated carbocycles. The predicted octanol–water partition coefficient (Wildman–Crippen LogP) is 1.35. The number of rotatable bonds is 4. The number of sulfone groups is 1. The number of carbonyl (C=O) groups is 2. The highest BCUT2D eigenvalue weighted by Gasteiger charge is 2.31. The highest BCUT2D eigenvalue weighted by Crippen LogP contribution is 2.38. The molecule has 0 aromatic heterocycles. The molecule has 1 N–H and O–H groups in total. The summed E-state index contributed by atoms with van der Waals surface area (Å²) in [5.74, 6) is -0.627. The lowest BCUT2D eigenvalue weighted by Gasteiger charge is -2.17. The Morgan fingerprint density at radius 1 is 1.30 bits per heavy atom. The minimum absolute atomic E-state index is 0.0435. The lowest BCUT2D eigenvalue weighted by Crippen LogP contribution is -2.42. The molecule has 148 valence electrons. The molecule has 1 amide bonds. The lowest BCUT2D eigenvalue weighted by molar-refractivity contribution is -0.129. The summed E-state index contributed by atoms with van der Waals surface area (Å²) < 4.78 is 39.1. The van der Waals surface area contributed by atoms with Gasteiger partial charge in [-0.05, 0) is 25.5 Å². The minimum atomic E-state index is -3.11. The van der Waals surface area contributed by atoms with Crippen LogP contribution in [0.15, 0.2) is 12.1 Å². The Morgan fingerprint density at radius 3 is 2.74 bits per heavy atom. The summed E-state index contributed by atoms with van der Waals surface area (Å²) in [6.07, 6.45) is -0.0404. The van der Waals surface area contributed by atoms with E-state index in [0.29, 0.717) is 37.6 Å². The van der Waals surface area contributed by atoms with Crippen LogP contribution >= 0.6 is 11.6 Å². The first kappa shape index (κ1) is 19.8.